The fraction of sp³-hybridized carbons (Fsp3) is 0.316. The van der Waals surface area contributed by atoms with Crippen LogP contribution in [0, 0.1) is 5.41 Å². The van der Waals surface area contributed by atoms with Gasteiger partial charge in [-0.3, -0.25) is 15.0 Å². The minimum absolute atomic E-state index is 0.0216. The monoisotopic (exact) mass is 396 g/mol. The second kappa shape index (κ2) is 9.49. The molecule has 3 rings (SSSR count). The van der Waals surface area contributed by atoms with Crippen molar-refractivity contribution in [2.75, 3.05) is 49.5 Å². The van der Waals surface area contributed by atoms with Gasteiger partial charge in [-0.05, 0) is 18.2 Å². The predicted octanol–water partition coefficient (Wildman–Crippen LogP) is -0.362. The lowest BCUT2D eigenvalue weighted by molar-refractivity contribution is -0.132. The van der Waals surface area contributed by atoms with Crippen molar-refractivity contribution in [3.63, 3.8) is 0 Å². The second-order valence-electron chi connectivity index (χ2n) is 6.54. The van der Waals surface area contributed by atoms with Gasteiger partial charge in [-0.25, -0.2) is 9.97 Å². The highest BCUT2D eigenvalue weighted by molar-refractivity contribution is 5.96. The van der Waals surface area contributed by atoms with E-state index in [9.17, 15) is 9.59 Å². The number of nitrogens with two attached hydrogens (primary N) is 1. The van der Waals surface area contributed by atoms with E-state index in [1.54, 1.807) is 47.6 Å². The van der Waals surface area contributed by atoms with Gasteiger partial charge in [0.05, 0.1) is 13.1 Å². The summed E-state index contributed by atoms with van der Waals surface area (Å²) in [6, 6.07) is 8.70. The number of aromatic nitrogens is 2. The molecule has 152 valence electrons. The number of hydrogen-bond donors (Lipinski definition) is 4. The highest BCUT2D eigenvalue weighted by Crippen LogP contribution is 2.10. The maximum atomic E-state index is 12.3. The SMILES string of the molecule is N=C(N)c1cccc(NCC(=O)NCC(=O)N2CCN(c3ncccn3)CC2)c1. The molecule has 2 amide bonds. The lowest BCUT2D eigenvalue weighted by Gasteiger charge is -2.34. The number of benzene rings is 1. The van der Waals surface area contributed by atoms with Crippen molar-refractivity contribution in [1.29, 1.82) is 5.41 Å². The summed E-state index contributed by atoms with van der Waals surface area (Å²) in [5.41, 5.74) is 6.71. The van der Waals surface area contributed by atoms with Gasteiger partial charge in [-0.15, -0.1) is 0 Å². The van der Waals surface area contributed by atoms with Crippen molar-refractivity contribution in [2.24, 2.45) is 5.73 Å². The number of rotatable bonds is 7. The number of piperazine rings is 1. The van der Waals surface area contributed by atoms with E-state index in [1.165, 1.54) is 0 Å². The maximum absolute atomic E-state index is 12.3. The van der Waals surface area contributed by atoms with Gasteiger partial charge in [-0.1, -0.05) is 12.1 Å². The number of amidine groups is 1. The number of nitrogens with zero attached hydrogens (tertiary/aromatic N) is 4. The topological polar surface area (TPSA) is 140 Å². The molecule has 1 aromatic heterocycles. The molecule has 0 atom stereocenters. The molecule has 1 fully saturated rings. The number of anilines is 2. The molecule has 1 saturated heterocycles. The highest BCUT2D eigenvalue weighted by atomic mass is 16.2. The van der Waals surface area contributed by atoms with Crippen molar-refractivity contribution in [1.82, 2.24) is 20.2 Å². The molecule has 0 radical (unpaired) electrons. The molecule has 1 aromatic carbocycles. The smallest absolute Gasteiger partial charge is 0.242 e. The summed E-state index contributed by atoms with van der Waals surface area (Å²) in [6.07, 6.45) is 3.39. The molecule has 1 aliphatic rings. The summed E-state index contributed by atoms with van der Waals surface area (Å²) in [6.45, 7) is 2.39. The number of nitrogen functional groups attached to an aromatic ring is 1. The molecule has 0 spiro atoms. The van der Waals surface area contributed by atoms with E-state index in [2.05, 4.69) is 20.6 Å². The zero-order valence-corrected chi connectivity index (χ0v) is 16.0. The third kappa shape index (κ3) is 5.64. The van der Waals surface area contributed by atoms with Crippen LogP contribution >= 0.6 is 0 Å². The first-order chi connectivity index (χ1) is 14.0. The molecular weight excluding hydrogens is 372 g/mol. The van der Waals surface area contributed by atoms with Gasteiger partial charge in [0.2, 0.25) is 17.8 Å². The fourth-order valence-electron chi connectivity index (χ4n) is 2.94. The summed E-state index contributed by atoms with van der Waals surface area (Å²) in [5, 5.41) is 13.0. The van der Waals surface area contributed by atoms with Gasteiger partial charge in [0.25, 0.3) is 0 Å². The standard InChI is InChI=1S/C19H24N8O2/c20-18(21)14-3-1-4-15(11-14)24-12-16(28)25-13-17(29)26-7-9-27(10-8-26)19-22-5-2-6-23-19/h1-6,11,24H,7-10,12-13H2,(H3,20,21)(H,25,28). The van der Waals surface area contributed by atoms with Crippen LogP contribution in [0.3, 0.4) is 0 Å². The van der Waals surface area contributed by atoms with E-state index in [0.29, 0.717) is 43.4 Å². The number of carbonyl (C=O) groups is 2. The van der Waals surface area contributed by atoms with E-state index < -0.39 is 0 Å². The van der Waals surface area contributed by atoms with E-state index in [1.807, 2.05) is 4.90 Å². The summed E-state index contributed by atoms with van der Waals surface area (Å²) >= 11 is 0. The Labute approximate surface area is 168 Å². The lowest BCUT2D eigenvalue weighted by atomic mass is 10.2. The Bertz CT molecular complexity index is 866. The van der Waals surface area contributed by atoms with E-state index >= 15 is 0 Å². The molecule has 0 bridgehead atoms. The van der Waals surface area contributed by atoms with Gasteiger partial charge in [0.15, 0.2) is 0 Å². The van der Waals surface area contributed by atoms with Crippen LogP contribution in [0.4, 0.5) is 11.6 Å². The second-order valence-corrected chi connectivity index (χ2v) is 6.54. The number of hydrogen-bond acceptors (Lipinski definition) is 7. The first kappa shape index (κ1) is 20.1. The van der Waals surface area contributed by atoms with Gasteiger partial charge >= 0.3 is 0 Å². The van der Waals surface area contributed by atoms with Crippen LogP contribution in [0.1, 0.15) is 5.56 Å². The normalized spacial score (nSPS) is 13.7. The molecule has 1 aliphatic heterocycles. The van der Waals surface area contributed by atoms with Crippen LogP contribution in [-0.2, 0) is 9.59 Å². The number of nitrogens with one attached hydrogen (secondary N) is 3. The van der Waals surface area contributed by atoms with Gasteiger partial charge in [0.1, 0.15) is 5.84 Å². The maximum Gasteiger partial charge on any atom is 0.242 e. The first-order valence-corrected chi connectivity index (χ1v) is 9.27. The lowest BCUT2D eigenvalue weighted by Crippen LogP contribution is -2.51. The average Bonchev–Trinajstić information content (AvgIpc) is 2.77. The molecule has 2 heterocycles. The van der Waals surface area contributed by atoms with Gasteiger partial charge in [0, 0.05) is 49.8 Å². The Balaban J connectivity index is 1.39. The zero-order chi connectivity index (χ0) is 20.6. The van der Waals surface area contributed by atoms with Crippen LogP contribution in [0.2, 0.25) is 0 Å². The van der Waals surface area contributed by atoms with Crippen LogP contribution in [0.5, 0.6) is 0 Å². The Kier molecular flexibility index (Phi) is 6.56. The fourth-order valence-corrected chi connectivity index (χ4v) is 2.94. The molecule has 5 N–H and O–H groups in total. The van der Waals surface area contributed by atoms with Crippen molar-refractivity contribution < 1.29 is 9.59 Å². The van der Waals surface area contributed by atoms with Crippen LogP contribution in [-0.4, -0.2) is 71.8 Å². The van der Waals surface area contributed by atoms with Gasteiger partial charge < -0.3 is 26.2 Å². The van der Waals surface area contributed by atoms with E-state index in [-0.39, 0.29) is 30.7 Å². The summed E-state index contributed by atoms with van der Waals surface area (Å²) in [7, 11) is 0. The summed E-state index contributed by atoms with van der Waals surface area (Å²) in [4.78, 5) is 36.6. The quantitative estimate of drug-likeness (QED) is 0.370. The Morgan fingerprint density at radius 1 is 1.07 bits per heavy atom. The average molecular weight is 396 g/mol. The van der Waals surface area contributed by atoms with E-state index in [4.69, 9.17) is 11.1 Å². The first-order valence-electron chi connectivity index (χ1n) is 9.27. The van der Waals surface area contributed by atoms with Crippen molar-refractivity contribution >= 4 is 29.3 Å². The largest absolute Gasteiger partial charge is 0.384 e. The highest BCUT2D eigenvalue weighted by Gasteiger charge is 2.22. The molecule has 0 unspecified atom stereocenters. The minimum Gasteiger partial charge on any atom is -0.384 e. The molecule has 10 heteroatoms. The number of carbonyl (C=O) groups excluding carboxylic acids is 2. The Morgan fingerprint density at radius 2 is 1.79 bits per heavy atom. The Morgan fingerprint density at radius 3 is 2.48 bits per heavy atom. The molecule has 2 aromatic rings. The van der Waals surface area contributed by atoms with Crippen LogP contribution < -0.4 is 21.3 Å². The van der Waals surface area contributed by atoms with Crippen LogP contribution in [0.15, 0.2) is 42.7 Å². The Hall–Kier alpha value is -3.69. The summed E-state index contributed by atoms with van der Waals surface area (Å²) in [5.74, 6) is 0.212. The van der Waals surface area contributed by atoms with Crippen molar-refractivity contribution in [3.05, 3.63) is 48.3 Å². The van der Waals surface area contributed by atoms with Crippen molar-refractivity contribution in [3.8, 4) is 0 Å². The minimum atomic E-state index is -0.289. The third-order valence-electron chi connectivity index (χ3n) is 4.53. The molecular formula is C19H24N8O2. The summed E-state index contributed by atoms with van der Waals surface area (Å²) < 4.78 is 0. The molecule has 29 heavy (non-hydrogen) atoms. The number of amides is 2. The third-order valence-corrected chi connectivity index (χ3v) is 4.53. The van der Waals surface area contributed by atoms with Crippen molar-refractivity contribution in [2.45, 2.75) is 0 Å². The molecule has 0 aliphatic carbocycles. The zero-order valence-electron chi connectivity index (χ0n) is 16.0. The molecule has 10 nitrogen and oxygen atoms in total. The molecule has 0 saturated carbocycles. The van der Waals surface area contributed by atoms with Crippen LogP contribution in [0.25, 0.3) is 0 Å². The van der Waals surface area contributed by atoms with E-state index in [0.717, 1.165) is 0 Å². The predicted molar refractivity (Wildman–Crippen MR) is 110 cm³/mol. The van der Waals surface area contributed by atoms with Gasteiger partial charge in [-0.2, -0.15) is 0 Å².